The van der Waals surface area contributed by atoms with E-state index in [0.29, 0.717) is 17.4 Å². The van der Waals surface area contributed by atoms with Crippen molar-refractivity contribution in [1.82, 2.24) is 9.97 Å². The van der Waals surface area contributed by atoms with Crippen LogP contribution in [0.4, 0.5) is 17.3 Å². The quantitative estimate of drug-likeness (QED) is 0.555. The standard InChI is InChI=1S/C23H29N5OS/c1-6-30-22-26-20(24)19-17(13-7-9-14(10-8-13)28(4)5)18-15(25-21(19)27-22)11-23(2,3)12-16(18)29/h7-10,17H,6,11-12H2,1-5H3,(H3,24,25,26,27)/t17-/m0/s1. The first-order valence-electron chi connectivity index (χ1n) is 10.3. The minimum absolute atomic E-state index is 0.0840. The molecule has 2 aliphatic rings. The van der Waals surface area contributed by atoms with E-state index in [1.54, 1.807) is 11.8 Å². The van der Waals surface area contributed by atoms with Crippen molar-refractivity contribution in [3.63, 3.8) is 0 Å². The molecule has 6 nitrogen and oxygen atoms in total. The number of aromatic nitrogens is 2. The summed E-state index contributed by atoms with van der Waals surface area (Å²) >= 11 is 1.56. The van der Waals surface area contributed by atoms with E-state index in [2.05, 4.69) is 60.2 Å². The number of nitrogens with zero attached hydrogens (tertiary/aromatic N) is 3. The number of anilines is 3. The molecule has 1 aliphatic carbocycles. The van der Waals surface area contributed by atoms with E-state index in [-0.39, 0.29) is 17.1 Å². The molecule has 30 heavy (non-hydrogen) atoms. The van der Waals surface area contributed by atoms with E-state index in [9.17, 15) is 4.79 Å². The van der Waals surface area contributed by atoms with Gasteiger partial charge in [0.25, 0.3) is 0 Å². The molecule has 0 bridgehead atoms. The van der Waals surface area contributed by atoms with E-state index in [0.717, 1.165) is 46.1 Å². The van der Waals surface area contributed by atoms with Crippen molar-refractivity contribution in [2.45, 2.75) is 44.7 Å². The zero-order chi connectivity index (χ0) is 21.6. The Hall–Kier alpha value is -2.54. The molecule has 0 saturated heterocycles. The number of Topliss-reactive ketones (excluding diaryl/α,β-unsaturated/α-hetero) is 1. The van der Waals surface area contributed by atoms with Crippen molar-refractivity contribution in [1.29, 1.82) is 0 Å². The minimum Gasteiger partial charge on any atom is -0.383 e. The fourth-order valence-corrected chi connectivity index (χ4v) is 4.98. The third kappa shape index (κ3) is 3.67. The number of hydrogen-bond acceptors (Lipinski definition) is 7. The average Bonchev–Trinajstić information content (AvgIpc) is 2.65. The summed E-state index contributed by atoms with van der Waals surface area (Å²) in [4.78, 5) is 24.7. The second kappa shape index (κ2) is 7.61. The second-order valence-electron chi connectivity index (χ2n) is 8.96. The molecule has 0 fully saturated rings. The van der Waals surface area contributed by atoms with Gasteiger partial charge in [0, 0.05) is 49.0 Å². The molecule has 4 rings (SSSR count). The van der Waals surface area contributed by atoms with Gasteiger partial charge in [-0.25, -0.2) is 9.97 Å². The van der Waals surface area contributed by atoms with Gasteiger partial charge in [0.1, 0.15) is 11.6 Å². The molecule has 158 valence electrons. The third-order valence-electron chi connectivity index (χ3n) is 5.74. The smallest absolute Gasteiger partial charge is 0.191 e. The number of benzene rings is 1. The number of nitrogen functional groups attached to an aromatic ring is 1. The van der Waals surface area contributed by atoms with Gasteiger partial charge >= 0.3 is 0 Å². The lowest BCUT2D eigenvalue weighted by Gasteiger charge is -2.39. The van der Waals surface area contributed by atoms with Crippen molar-refractivity contribution in [2.75, 3.05) is 35.8 Å². The fourth-order valence-electron chi connectivity index (χ4n) is 4.41. The van der Waals surface area contributed by atoms with Crippen molar-refractivity contribution in [3.8, 4) is 0 Å². The van der Waals surface area contributed by atoms with Crippen LogP contribution in [0.1, 0.15) is 50.7 Å². The summed E-state index contributed by atoms with van der Waals surface area (Å²) in [5, 5.41) is 4.12. The Kier molecular flexibility index (Phi) is 5.26. The molecule has 1 aliphatic heterocycles. The Morgan fingerprint density at radius 2 is 1.90 bits per heavy atom. The van der Waals surface area contributed by atoms with Crippen molar-refractivity contribution < 1.29 is 4.79 Å². The summed E-state index contributed by atoms with van der Waals surface area (Å²) < 4.78 is 0. The number of fused-ring (bicyclic) bond motifs is 1. The predicted octanol–water partition coefficient (Wildman–Crippen LogP) is 4.44. The van der Waals surface area contributed by atoms with Gasteiger partial charge in [-0.1, -0.05) is 44.7 Å². The highest BCUT2D eigenvalue weighted by atomic mass is 32.2. The van der Waals surface area contributed by atoms with Crippen molar-refractivity contribution in [3.05, 3.63) is 46.7 Å². The molecule has 2 aromatic rings. The molecule has 1 atom stereocenters. The van der Waals surface area contributed by atoms with Crippen LogP contribution < -0.4 is 16.0 Å². The third-order valence-corrected chi connectivity index (χ3v) is 6.47. The van der Waals surface area contributed by atoms with Crippen molar-refractivity contribution >= 4 is 34.9 Å². The SMILES string of the molecule is CCSc1nc(N)c2c(n1)NC1=C(C(=O)CC(C)(C)C1)[C@@H]2c1ccc(N(C)C)cc1. The van der Waals surface area contributed by atoms with E-state index in [1.165, 1.54) is 0 Å². The normalized spacial score (nSPS) is 19.8. The van der Waals surface area contributed by atoms with Gasteiger partial charge in [-0.05, 0) is 35.3 Å². The number of nitrogens with two attached hydrogens (primary N) is 1. The maximum absolute atomic E-state index is 13.3. The van der Waals surface area contributed by atoms with Crippen LogP contribution >= 0.6 is 11.8 Å². The maximum atomic E-state index is 13.3. The first kappa shape index (κ1) is 20.7. The van der Waals surface area contributed by atoms with Crippen LogP contribution in [0.3, 0.4) is 0 Å². The first-order chi connectivity index (χ1) is 14.2. The largest absolute Gasteiger partial charge is 0.383 e. The Bertz CT molecular complexity index is 1030. The molecule has 0 radical (unpaired) electrons. The van der Waals surface area contributed by atoms with E-state index in [4.69, 9.17) is 10.7 Å². The summed E-state index contributed by atoms with van der Waals surface area (Å²) in [7, 11) is 4.03. The molecule has 1 aromatic carbocycles. The molecule has 3 N–H and O–H groups in total. The van der Waals surface area contributed by atoms with Crippen LogP contribution in [0.15, 0.2) is 40.7 Å². The number of carbonyl (C=O) groups is 1. The zero-order valence-corrected chi connectivity index (χ0v) is 19.1. The minimum atomic E-state index is -0.253. The van der Waals surface area contributed by atoms with Gasteiger partial charge in [-0.3, -0.25) is 4.79 Å². The molecule has 0 saturated carbocycles. The number of ketones is 1. The molecule has 2 heterocycles. The zero-order valence-electron chi connectivity index (χ0n) is 18.2. The molecule has 0 amide bonds. The van der Waals surface area contributed by atoms with Gasteiger partial charge in [0.15, 0.2) is 10.9 Å². The lowest BCUT2D eigenvalue weighted by atomic mass is 9.69. The van der Waals surface area contributed by atoms with Crippen LogP contribution in [0.2, 0.25) is 0 Å². The molecule has 1 aromatic heterocycles. The molecule has 0 unspecified atom stereocenters. The van der Waals surface area contributed by atoms with Gasteiger partial charge in [0.05, 0.1) is 0 Å². The maximum Gasteiger partial charge on any atom is 0.191 e. The second-order valence-corrected chi connectivity index (χ2v) is 10.2. The Balaban J connectivity index is 1.90. The highest BCUT2D eigenvalue weighted by Crippen LogP contribution is 2.50. The lowest BCUT2D eigenvalue weighted by molar-refractivity contribution is -0.118. The van der Waals surface area contributed by atoms with Gasteiger partial charge in [-0.2, -0.15) is 0 Å². The molecular weight excluding hydrogens is 394 g/mol. The van der Waals surface area contributed by atoms with Crippen LogP contribution in [-0.2, 0) is 4.79 Å². The van der Waals surface area contributed by atoms with E-state index in [1.807, 2.05) is 14.1 Å². The highest BCUT2D eigenvalue weighted by molar-refractivity contribution is 7.99. The average molecular weight is 424 g/mol. The van der Waals surface area contributed by atoms with E-state index >= 15 is 0 Å². The van der Waals surface area contributed by atoms with Gasteiger partial charge in [0.2, 0.25) is 0 Å². The van der Waals surface area contributed by atoms with Gasteiger partial charge < -0.3 is 16.0 Å². The fraction of sp³-hybridized carbons (Fsp3) is 0.435. The number of allylic oxidation sites excluding steroid dienone is 2. The number of thioether (sulfide) groups is 1. The van der Waals surface area contributed by atoms with Gasteiger partial charge in [-0.15, -0.1) is 0 Å². The summed E-state index contributed by atoms with van der Waals surface area (Å²) in [6, 6.07) is 8.32. The van der Waals surface area contributed by atoms with Crippen LogP contribution in [0.5, 0.6) is 0 Å². The Morgan fingerprint density at radius 3 is 2.53 bits per heavy atom. The molecule has 0 spiro atoms. The summed E-state index contributed by atoms with van der Waals surface area (Å²) in [6.45, 7) is 6.34. The molecular formula is C23H29N5OS. The van der Waals surface area contributed by atoms with Crippen LogP contribution in [-0.4, -0.2) is 35.6 Å². The first-order valence-corrected chi connectivity index (χ1v) is 11.3. The van der Waals surface area contributed by atoms with Crippen molar-refractivity contribution in [2.24, 2.45) is 5.41 Å². The number of nitrogens with one attached hydrogen (secondary N) is 1. The summed E-state index contributed by atoms with van der Waals surface area (Å²) in [5.74, 6) is 1.95. The van der Waals surface area contributed by atoms with E-state index < -0.39 is 0 Å². The topological polar surface area (TPSA) is 84.1 Å². The lowest BCUT2D eigenvalue weighted by Crippen LogP contribution is -2.34. The highest BCUT2D eigenvalue weighted by Gasteiger charge is 2.42. The Labute approximate surface area is 182 Å². The monoisotopic (exact) mass is 423 g/mol. The Morgan fingerprint density at radius 1 is 1.20 bits per heavy atom. The number of hydrogen-bond donors (Lipinski definition) is 2. The molecule has 7 heteroatoms. The number of rotatable bonds is 4. The number of carbonyl (C=O) groups excluding carboxylic acids is 1. The summed E-state index contributed by atoms with van der Waals surface area (Å²) in [6.07, 6.45) is 1.33. The van der Waals surface area contributed by atoms with Crippen LogP contribution in [0.25, 0.3) is 0 Å². The van der Waals surface area contributed by atoms with Crippen LogP contribution in [0, 0.1) is 5.41 Å². The summed E-state index contributed by atoms with van der Waals surface area (Å²) in [5.41, 5.74) is 11.1. The predicted molar refractivity (Wildman–Crippen MR) is 124 cm³/mol.